The Kier molecular flexibility index (Phi) is 6.53. The minimum atomic E-state index is -1.11. The number of fused-ring (bicyclic) bond motifs is 2. The van der Waals surface area contributed by atoms with Crippen LogP contribution in [0.15, 0.2) is 54.1 Å². The minimum absolute atomic E-state index is 0.0175. The normalized spacial score (nSPS) is 19.4. The predicted octanol–water partition coefficient (Wildman–Crippen LogP) is 5.41. The van der Waals surface area contributed by atoms with Crippen LogP contribution >= 0.6 is 11.3 Å². The number of anilines is 1. The van der Waals surface area contributed by atoms with E-state index in [4.69, 9.17) is 18.9 Å². The Labute approximate surface area is 238 Å². The number of aromatic nitrogens is 1. The number of carbonyl (C=O) groups excluding carboxylic acids is 2. The molecule has 41 heavy (non-hydrogen) atoms. The van der Waals surface area contributed by atoms with Gasteiger partial charge in [0.1, 0.15) is 23.4 Å². The molecule has 1 saturated heterocycles. The maximum Gasteiger partial charge on any atom is 0.301 e. The second kappa shape index (κ2) is 10.1. The number of carbonyl (C=O) groups is 2. The van der Waals surface area contributed by atoms with E-state index in [1.807, 2.05) is 6.92 Å². The number of nitrogens with zero attached hydrogens (tertiary/aromatic N) is 2. The van der Waals surface area contributed by atoms with E-state index in [0.29, 0.717) is 50.8 Å². The minimum Gasteiger partial charge on any atom is -0.507 e. The molecule has 4 aromatic rings. The summed E-state index contributed by atoms with van der Waals surface area (Å²) in [6.07, 6.45) is 0.625. The highest BCUT2D eigenvalue weighted by atomic mass is 32.1. The first kappa shape index (κ1) is 26.6. The highest BCUT2D eigenvalue weighted by Crippen LogP contribution is 2.48. The number of benzene rings is 3. The molecule has 0 bridgehead atoms. The molecule has 1 fully saturated rings. The molecular weight excluding hydrogens is 551 g/mol. The Morgan fingerprint density at radius 2 is 1.78 bits per heavy atom. The lowest BCUT2D eigenvalue weighted by atomic mass is 9.94. The van der Waals surface area contributed by atoms with Crippen LogP contribution < -0.4 is 23.8 Å². The molecule has 0 radical (unpaired) electrons. The molecular formula is C30H25FN2O7S. The maximum atomic E-state index is 14.0. The number of hydrogen-bond acceptors (Lipinski definition) is 9. The standard InChI is InChI=1S/C30H25FN2O7S/c1-14-9-16-10-15(5-8-20(16)40-14)26(34)24-25(17-11-21(37-2)28(39-4)22(12-17)38-3)33(29(36)27(24)35)30-32-19-7-6-18(31)13-23(19)41-30/h5-8,10-14,25,34H,9H2,1-4H3/t14-,25-/m1/s1. The highest BCUT2D eigenvalue weighted by Gasteiger charge is 2.48. The van der Waals surface area contributed by atoms with Gasteiger partial charge in [0.05, 0.1) is 43.2 Å². The second-order valence-electron chi connectivity index (χ2n) is 9.69. The Morgan fingerprint density at radius 3 is 2.46 bits per heavy atom. The fourth-order valence-electron chi connectivity index (χ4n) is 5.32. The molecule has 0 aliphatic carbocycles. The molecule has 0 saturated carbocycles. The number of thiazole rings is 1. The molecule has 2 aliphatic heterocycles. The van der Waals surface area contributed by atoms with Gasteiger partial charge in [-0.05, 0) is 66.6 Å². The van der Waals surface area contributed by atoms with Gasteiger partial charge < -0.3 is 24.1 Å². The molecule has 3 heterocycles. The van der Waals surface area contributed by atoms with E-state index in [0.717, 1.165) is 16.9 Å². The first-order valence-corrected chi connectivity index (χ1v) is 13.5. The van der Waals surface area contributed by atoms with Crippen LogP contribution in [0, 0.1) is 5.82 Å². The molecule has 11 heteroatoms. The van der Waals surface area contributed by atoms with Gasteiger partial charge in [0, 0.05) is 12.0 Å². The summed E-state index contributed by atoms with van der Waals surface area (Å²) in [5.41, 5.74) is 1.98. The number of hydrogen-bond donors (Lipinski definition) is 1. The van der Waals surface area contributed by atoms with E-state index in [1.165, 1.54) is 44.4 Å². The summed E-state index contributed by atoms with van der Waals surface area (Å²) in [6, 6.07) is 11.3. The van der Waals surface area contributed by atoms with Crippen LogP contribution in [0.2, 0.25) is 0 Å². The van der Waals surface area contributed by atoms with Gasteiger partial charge in [-0.2, -0.15) is 0 Å². The van der Waals surface area contributed by atoms with E-state index >= 15 is 0 Å². The molecule has 1 N–H and O–H groups in total. The van der Waals surface area contributed by atoms with Gasteiger partial charge in [-0.15, -0.1) is 0 Å². The van der Waals surface area contributed by atoms with Crippen molar-refractivity contribution in [3.63, 3.8) is 0 Å². The van der Waals surface area contributed by atoms with Crippen LogP contribution in [0.25, 0.3) is 16.0 Å². The zero-order chi connectivity index (χ0) is 29.0. The third-order valence-electron chi connectivity index (χ3n) is 7.16. The SMILES string of the molecule is COc1cc([C@@H]2C(=C(O)c3ccc4c(c3)C[C@@H](C)O4)C(=O)C(=O)N2c2nc3ccc(F)cc3s2)cc(OC)c1OC. The monoisotopic (exact) mass is 576 g/mol. The van der Waals surface area contributed by atoms with Crippen molar-refractivity contribution < 1.29 is 38.0 Å². The number of Topliss-reactive ketones (excluding diaryl/α,β-unsaturated/α-hetero) is 1. The number of ether oxygens (including phenoxy) is 4. The molecule has 1 amide bonds. The van der Waals surface area contributed by atoms with E-state index in [9.17, 15) is 19.1 Å². The topological polar surface area (TPSA) is 107 Å². The Hall–Kier alpha value is -4.64. The summed E-state index contributed by atoms with van der Waals surface area (Å²) in [5.74, 6) is -0.967. The number of aliphatic hydroxyl groups excluding tert-OH is 1. The van der Waals surface area contributed by atoms with Gasteiger partial charge in [-0.3, -0.25) is 14.5 Å². The van der Waals surface area contributed by atoms with Crippen molar-refractivity contribution in [1.82, 2.24) is 4.98 Å². The molecule has 6 rings (SSSR count). The van der Waals surface area contributed by atoms with Crippen LogP contribution in [0.4, 0.5) is 9.52 Å². The average Bonchev–Trinajstić information content (AvgIpc) is 3.63. The molecule has 9 nitrogen and oxygen atoms in total. The Balaban J connectivity index is 1.59. The van der Waals surface area contributed by atoms with Crippen LogP contribution in [0.5, 0.6) is 23.0 Å². The molecule has 3 aromatic carbocycles. The smallest absolute Gasteiger partial charge is 0.301 e. The summed E-state index contributed by atoms with van der Waals surface area (Å²) in [7, 11) is 4.37. The zero-order valence-corrected chi connectivity index (χ0v) is 23.4. The van der Waals surface area contributed by atoms with E-state index in [-0.39, 0.29) is 22.6 Å². The van der Waals surface area contributed by atoms with Crippen molar-refractivity contribution in [3.8, 4) is 23.0 Å². The van der Waals surface area contributed by atoms with Crippen molar-refractivity contribution in [3.05, 3.63) is 76.6 Å². The van der Waals surface area contributed by atoms with Crippen molar-refractivity contribution in [1.29, 1.82) is 0 Å². The van der Waals surface area contributed by atoms with E-state index in [1.54, 1.807) is 30.3 Å². The molecule has 210 valence electrons. The van der Waals surface area contributed by atoms with Gasteiger partial charge in [-0.25, -0.2) is 9.37 Å². The second-order valence-corrected chi connectivity index (χ2v) is 10.7. The average molecular weight is 577 g/mol. The quantitative estimate of drug-likeness (QED) is 0.185. The largest absolute Gasteiger partial charge is 0.507 e. The third kappa shape index (κ3) is 4.33. The Morgan fingerprint density at radius 1 is 1.05 bits per heavy atom. The van der Waals surface area contributed by atoms with Gasteiger partial charge in [0.2, 0.25) is 5.75 Å². The third-order valence-corrected chi connectivity index (χ3v) is 8.18. The zero-order valence-electron chi connectivity index (χ0n) is 22.6. The van der Waals surface area contributed by atoms with Crippen LogP contribution in [-0.2, 0) is 16.0 Å². The number of ketones is 1. The molecule has 0 unspecified atom stereocenters. The Bertz CT molecular complexity index is 1740. The van der Waals surface area contributed by atoms with Crippen LogP contribution in [0.3, 0.4) is 0 Å². The summed E-state index contributed by atoms with van der Waals surface area (Å²) >= 11 is 1.06. The lowest BCUT2D eigenvalue weighted by molar-refractivity contribution is -0.132. The molecule has 0 spiro atoms. The van der Waals surface area contributed by atoms with Gasteiger partial charge in [0.25, 0.3) is 5.78 Å². The number of amides is 1. The first-order valence-electron chi connectivity index (χ1n) is 12.7. The summed E-state index contributed by atoms with van der Waals surface area (Å²) < 4.78 is 36.8. The van der Waals surface area contributed by atoms with Gasteiger partial charge in [0.15, 0.2) is 16.6 Å². The fraction of sp³-hybridized carbons (Fsp3) is 0.233. The van der Waals surface area contributed by atoms with Gasteiger partial charge in [-0.1, -0.05) is 11.3 Å². The highest BCUT2D eigenvalue weighted by molar-refractivity contribution is 7.22. The molecule has 1 aromatic heterocycles. The molecule has 2 atom stereocenters. The number of rotatable bonds is 6. The predicted molar refractivity (Wildman–Crippen MR) is 151 cm³/mol. The summed E-state index contributed by atoms with van der Waals surface area (Å²) in [6.45, 7) is 1.94. The van der Waals surface area contributed by atoms with Crippen molar-refractivity contribution in [2.45, 2.75) is 25.5 Å². The lowest BCUT2D eigenvalue weighted by Crippen LogP contribution is -2.29. The van der Waals surface area contributed by atoms with Crippen LogP contribution in [0.1, 0.15) is 29.7 Å². The van der Waals surface area contributed by atoms with E-state index in [2.05, 4.69) is 4.98 Å². The summed E-state index contributed by atoms with van der Waals surface area (Å²) in [5, 5.41) is 11.8. The summed E-state index contributed by atoms with van der Waals surface area (Å²) in [4.78, 5) is 33.1. The van der Waals surface area contributed by atoms with Crippen molar-refractivity contribution in [2.24, 2.45) is 0 Å². The van der Waals surface area contributed by atoms with Crippen molar-refractivity contribution >= 4 is 44.1 Å². The fourth-order valence-corrected chi connectivity index (χ4v) is 6.34. The number of aliphatic hydroxyl groups is 1. The lowest BCUT2D eigenvalue weighted by Gasteiger charge is -2.24. The maximum absolute atomic E-state index is 14.0. The van der Waals surface area contributed by atoms with Gasteiger partial charge >= 0.3 is 5.91 Å². The van der Waals surface area contributed by atoms with Crippen molar-refractivity contribution in [2.75, 3.05) is 26.2 Å². The van der Waals surface area contributed by atoms with E-state index < -0.39 is 23.5 Å². The number of methoxy groups -OCH3 is 3. The van der Waals surface area contributed by atoms with Crippen LogP contribution in [-0.4, -0.2) is 49.2 Å². The first-order chi connectivity index (χ1) is 19.7. The molecule has 2 aliphatic rings. The number of halogens is 1.